The number of alkyl halides is 3. The van der Waals surface area contributed by atoms with E-state index in [9.17, 15) is 22.8 Å². The zero-order chi connectivity index (χ0) is 19.3. The van der Waals surface area contributed by atoms with Gasteiger partial charge in [-0.15, -0.1) is 5.10 Å². The SMILES string of the molecule is CC(Cc1cccc(C(F)(F)F)c1)C(=O)NCc1cn(CC(=O)O)nn1. The van der Waals surface area contributed by atoms with Gasteiger partial charge in [-0.25, -0.2) is 4.68 Å². The molecule has 0 fully saturated rings. The number of hydrogen-bond acceptors (Lipinski definition) is 4. The van der Waals surface area contributed by atoms with Crippen LogP contribution in [-0.2, 0) is 35.3 Å². The molecule has 1 aromatic heterocycles. The molecule has 2 N–H and O–H groups in total. The summed E-state index contributed by atoms with van der Waals surface area (Å²) in [6.07, 6.45) is -2.88. The number of nitrogens with one attached hydrogen (secondary N) is 1. The zero-order valence-corrected chi connectivity index (χ0v) is 13.8. The highest BCUT2D eigenvalue weighted by Gasteiger charge is 2.30. The van der Waals surface area contributed by atoms with Gasteiger partial charge in [0.25, 0.3) is 0 Å². The van der Waals surface area contributed by atoms with Crippen molar-refractivity contribution >= 4 is 11.9 Å². The molecule has 1 amide bonds. The third-order valence-electron chi connectivity index (χ3n) is 3.57. The number of aromatic nitrogens is 3. The molecule has 26 heavy (non-hydrogen) atoms. The highest BCUT2D eigenvalue weighted by Crippen LogP contribution is 2.29. The maximum atomic E-state index is 12.7. The van der Waals surface area contributed by atoms with Crippen molar-refractivity contribution in [2.75, 3.05) is 0 Å². The van der Waals surface area contributed by atoms with Crippen molar-refractivity contribution in [2.45, 2.75) is 32.6 Å². The fraction of sp³-hybridized carbons (Fsp3) is 0.375. The molecule has 2 aromatic rings. The Morgan fingerprint density at radius 2 is 2.08 bits per heavy atom. The molecule has 0 aliphatic carbocycles. The summed E-state index contributed by atoms with van der Waals surface area (Å²) in [7, 11) is 0. The zero-order valence-electron chi connectivity index (χ0n) is 13.8. The molecule has 1 unspecified atom stereocenters. The van der Waals surface area contributed by atoms with Crippen LogP contribution < -0.4 is 5.32 Å². The molecule has 1 atom stereocenters. The summed E-state index contributed by atoms with van der Waals surface area (Å²) in [6.45, 7) is 1.31. The number of rotatable bonds is 7. The minimum absolute atomic E-state index is 0.0470. The molecule has 1 heterocycles. The second-order valence-electron chi connectivity index (χ2n) is 5.82. The second-order valence-corrected chi connectivity index (χ2v) is 5.82. The topological polar surface area (TPSA) is 97.1 Å². The van der Waals surface area contributed by atoms with Gasteiger partial charge in [0.15, 0.2) is 0 Å². The average Bonchev–Trinajstić information content (AvgIpc) is 2.98. The summed E-state index contributed by atoms with van der Waals surface area (Å²) in [5.41, 5.74) is 0.0402. The molecule has 0 saturated heterocycles. The lowest BCUT2D eigenvalue weighted by Crippen LogP contribution is -2.30. The van der Waals surface area contributed by atoms with Crippen LogP contribution in [0.3, 0.4) is 0 Å². The van der Waals surface area contributed by atoms with Crippen molar-refractivity contribution in [1.82, 2.24) is 20.3 Å². The van der Waals surface area contributed by atoms with Gasteiger partial charge in [0.2, 0.25) is 5.91 Å². The van der Waals surface area contributed by atoms with Crippen LogP contribution in [0.1, 0.15) is 23.7 Å². The Morgan fingerprint density at radius 3 is 2.73 bits per heavy atom. The maximum absolute atomic E-state index is 12.7. The van der Waals surface area contributed by atoms with Crippen LogP contribution in [0, 0.1) is 5.92 Å². The number of carboxylic acids is 1. The van der Waals surface area contributed by atoms with Gasteiger partial charge in [0.1, 0.15) is 12.2 Å². The molecule has 7 nitrogen and oxygen atoms in total. The van der Waals surface area contributed by atoms with Crippen molar-refractivity contribution in [3.8, 4) is 0 Å². The Labute approximate surface area is 146 Å². The number of amides is 1. The predicted octanol–water partition coefficient (Wildman–Crippen LogP) is 1.88. The molecule has 10 heteroatoms. The van der Waals surface area contributed by atoms with E-state index in [1.165, 1.54) is 18.3 Å². The monoisotopic (exact) mass is 370 g/mol. The molecule has 140 valence electrons. The highest BCUT2D eigenvalue weighted by atomic mass is 19.4. The van der Waals surface area contributed by atoms with Crippen LogP contribution in [0.2, 0.25) is 0 Å². The van der Waals surface area contributed by atoms with E-state index in [0.29, 0.717) is 11.3 Å². The first kappa shape index (κ1) is 19.4. The summed E-state index contributed by atoms with van der Waals surface area (Å²) in [4.78, 5) is 22.7. The van der Waals surface area contributed by atoms with Crippen molar-refractivity contribution in [3.05, 3.63) is 47.3 Å². The smallest absolute Gasteiger partial charge is 0.416 e. The average molecular weight is 370 g/mol. The number of carbonyl (C=O) groups is 2. The summed E-state index contributed by atoms with van der Waals surface area (Å²) < 4.78 is 39.3. The third-order valence-corrected chi connectivity index (χ3v) is 3.57. The molecule has 0 radical (unpaired) electrons. The molecule has 0 spiro atoms. The van der Waals surface area contributed by atoms with Gasteiger partial charge in [-0.2, -0.15) is 13.2 Å². The second kappa shape index (κ2) is 7.98. The number of halogens is 3. The van der Waals surface area contributed by atoms with E-state index in [4.69, 9.17) is 5.11 Å². The number of aliphatic carboxylic acids is 1. The lowest BCUT2D eigenvalue weighted by atomic mass is 9.98. The van der Waals surface area contributed by atoms with Crippen LogP contribution in [0.5, 0.6) is 0 Å². The minimum atomic E-state index is -4.43. The third kappa shape index (κ3) is 5.57. The Kier molecular flexibility index (Phi) is 5.96. The largest absolute Gasteiger partial charge is 0.480 e. The van der Waals surface area contributed by atoms with Crippen molar-refractivity contribution in [3.63, 3.8) is 0 Å². The van der Waals surface area contributed by atoms with Crippen molar-refractivity contribution in [2.24, 2.45) is 5.92 Å². The normalized spacial score (nSPS) is 12.6. The molecule has 0 aliphatic rings. The fourth-order valence-electron chi connectivity index (χ4n) is 2.31. The van der Waals surface area contributed by atoms with E-state index in [1.807, 2.05) is 0 Å². The van der Waals surface area contributed by atoms with Crippen LogP contribution in [-0.4, -0.2) is 32.0 Å². The van der Waals surface area contributed by atoms with Gasteiger partial charge in [-0.3, -0.25) is 9.59 Å². The number of hydrogen-bond donors (Lipinski definition) is 2. The summed E-state index contributed by atoms with van der Waals surface area (Å²) in [6, 6.07) is 4.86. The number of nitrogens with zero attached hydrogens (tertiary/aromatic N) is 3. The first-order valence-corrected chi connectivity index (χ1v) is 7.70. The van der Waals surface area contributed by atoms with Crippen molar-refractivity contribution in [1.29, 1.82) is 0 Å². The highest BCUT2D eigenvalue weighted by molar-refractivity contribution is 5.78. The quantitative estimate of drug-likeness (QED) is 0.776. The van der Waals surface area contributed by atoms with Gasteiger partial charge in [0.05, 0.1) is 18.3 Å². The number of benzene rings is 1. The Morgan fingerprint density at radius 1 is 1.35 bits per heavy atom. The van der Waals surface area contributed by atoms with E-state index in [0.717, 1.165) is 16.8 Å². The molecular formula is C16H17F3N4O3. The minimum Gasteiger partial charge on any atom is -0.480 e. The maximum Gasteiger partial charge on any atom is 0.416 e. The first-order valence-electron chi connectivity index (χ1n) is 7.70. The molecule has 1 aromatic carbocycles. The lowest BCUT2D eigenvalue weighted by Gasteiger charge is -2.13. The van der Waals surface area contributed by atoms with Gasteiger partial charge >= 0.3 is 12.1 Å². The van der Waals surface area contributed by atoms with Crippen LogP contribution in [0.15, 0.2) is 30.5 Å². The van der Waals surface area contributed by atoms with Crippen LogP contribution in [0.4, 0.5) is 13.2 Å². The van der Waals surface area contributed by atoms with Crippen molar-refractivity contribution < 1.29 is 27.9 Å². The Hall–Kier alpha value is -2.91. The number of carbonyl (C=O) groups excluding carboxylic acids is 1. The molecule has 2 rings (SSSR count). The van der Waals surface area contributed by atoms with Gasteiger partial charge in [0, 0.05) is 5.92 Å². The number of carboxylic acid groups (broad SMARTS) is 1. The van der Waals surface area contributed by atoms with Crippen LogP contribution in [0.25, 0.3) is 0 Å². The fourth-order valence-corrected chi connectivity index (χ4v) is 2.31. The summed E-state index contributed by atoms with van der Waals surface area (Å²) in [5, 5.41) is 18.6. The van der Waals surface area contributed by atoms with E-state index in [2.05, 4.69) is 15.6 Å². The Balaban J connectivity index is 1.89. The molecule has 0 saturated carbocycles. The molecular weight excluding hydrogens is 353 g/mol. The predicted molar refractivity (Wildman–Crippen MR) is 83.8 cm³/mol. The van der Waals surface area contributed by atoms with Gasteiger partial charge in [-0.05, 0) is 18.1 Å². The Bertz CT molecular complexity index is 789. The van der Waals surface area contributed by atoms with Crippen LogP contribution >= 0.6 is 0 Å². The van der Waals surface area contributed by atoms with E-state index in [1.54, 1.807) is 6.92 Å². The van der Waals surface area contributed by atoms with Gasteiger partial charge in [-0.1, -0.05) is 30.3 Å². The first-order chi connectivity index (χ1) is 12.1. The van der Waals surface area contributed by atoms with E-state index >= 15 is 0 Å². The molecule has 0 aliphatic heterocycles. The van der Waals surface area contributed by atoms with E-state index in [-0.39, 0.29) is 25.4 Å². The van der Waals surface area contributed by atoms with Gasteiger partial charge < -0.3 is 10.4 Å². The van der Waals surface area contributed by atoms with E-state index < -0.39 is 23.6 Å². The summed E-state index contributed by atoms with van der Waals surface area (Å²) in [5.74, 6) is -1.97. The molecule has 0 bridgehead atoms. The summed E-state index contributed by atoms with van der Waals surface area (Å²) >= 11 is 0. The lowest BCUT2D eigenvalue weighted by molar-refractivity contribution is -0.138. The standard InChI is InChI=1S/C16H17F3N4O3/c1-10(5-11-3-2-4-12(6-11)16(17,18)19)15(26)20-7-13-8-23(22-21-13)9-14(24)25/h2-4,6,8,10H,5,7,9H2,1H3,(H,20,26)(H,24,25).